The lowest BCUT2D eigenvalue weighted by Gasteiger charge is -2.23. The van der Waals surface area contributed by atoms with E-state index in [2.05, 4.69) is 20.9 Å². The Hall–Kier alpha value is -2.32. The van der Waals surface area contributed by atoms with Crippen LogP contribution in [-0.2, 0) is 14.3 Å². The Bertz CT molecular complexity index is 552. The summed E-state index contributed by atoms with van der Waals surface area (Å²) < 4.78 is 10.3. The van der Waals surface area contributed by atoms with E-state index in [1.807, 2.05) is 0 Å². The molecule has 0 aliphatic heterocycles. The first-order chi connectivity index (χ1) is 12.8. The number of carbonyl (C=O) groups excluding carboxylic acids is 3. The minimum atomic E-state index is -0.796. The number of guanidine groups is 1. The second kappa shape index (κ2) is 10.3. The van der Waals surface area contributed by atoms with Gasteiger partial charge in [0.25, 0.3) is 0 Å². The van der Waals surface area contributed by atoms with Gasteiger partial charge in [0.2, 0.25) is 11.9 Å². The lowest BCUT2D eigenvalue weighted by Crippen LogP contribution is -2.47. The second-order valence-electron chi connectivity index (χ2n) is 8.82. The standard InChI is InChI=1S/C19H34N4O5/c1-18(2,3)27-16(25)22-15(23-17(26)28-19(4,5)6)20-12-14(24)21-13-10-8-7-9-11-13/h13H,7-12H2,1-6H3,(H,21,24)(H2,20,22,23,25,26). The number of rotatable bonds is 3. The zero-order valence-electron chi connectivity index (χ0n) is 17.8. The number of nitrogens with zero attached hydrogens (tertiary/aromatic N) is 1. The van der Waals surface area contributed by atoms with Crippen LogP contribution >= 0.6 is 0 Å². The van der Waals surface area contributed by atoms with E-state index < -0.39 is 23.4 Å². The van der Waals surface area contributed by atoms with Gasteiger partial charge in [0, 0.05) is 6.04 Å². The number of hydrogen-bond acceptors (Lipinski definition) is 6. The molecule has 3 N–H and O–H groups in total. The number of alkyl carbamates (subject to hydrolysis) is 2. The maximum atomic E-state index is 12.1. The number of nitrogens with one attached hydrogen (secondary N) is 3. The fourth-order valence-corrected chi connectivity index (χ4v) is 2.58. The Labute approximate surface area is 167 Å². The van der Waals surface area contributed by atoms with E-state index in [-0.39, 0.29) is 24.5 Å². The van der Waals surface area contributed by atoms with Crippen molar-refractivity contribution in [2.75, 3.05) is 6.54 Å². The van der Waals surface area contributed by atoms with Crippen molar-refractivity contribution in [1.82, 2.24) is 16.0 Å². The van der Waals surface area contributed by atoms with Gasteiger partial charge in [0.1, 0.15) is 17.7 Å². The molecule has 1 fully saturated rings. The lowest BCUT2D eigenvalue weighted by molar-refractivity contribution is -0.120. The highest BCUT2D eigenvalue weighted by molar-refractivity contribution is 6.02. The first-order valence-electron chi connectivity index (χ1n) is 9.68. The first-order valence-corrected chi connectivity index (χ1v) is 9.68. The molecule has 0 unspecified atom stereocenters. The fourth-order valence-electron chi connectivity index (χ4n) is 2.58. The molecule has 0 spiro atoms. The zero-order chi connectivity index (χ0) is 21.4. The summed E-state index contributed by atoms with van der Waals surface area (Å²) in [7, 11) is 0. The molecule has 1 rings (SSSR count). The molecule has 0 atom stereocenters. The van der Waals surface area contributed by atoms with Crippen molar-refractivity contribution in [1.29, 1.82) is 0 Å². The molecule has 1 aliphatic rings. The van der Waals surface area contributed by atoms with Crippen LogP contribution in [0.4, 0.5) is 9.59 Å². The van der Waals surface area contributed by atoms with Crippen molar-refractivity contribution in [2.45, 2.75) is 90.9 Å². The summed E-state index contributed by atoms with van der Waals surface area (Å²) in [6.45, 7) is 10.0. The van der Waals surface area contributed by atoms with Gasteiger partial charge >= 0.3 is 12.2 Å². The van der Waals surface area contributed by atoms with Crippen molar-refractivity contribution in [3.8, 4) is 0 Å². The third-order valence-electron chi connectivity index (χ3n) is 3.59. The Kier molecular flexibility index (Phi) is 8.71. The Balaban J connectivity index is 2.71. The van der Waals surface area contributed by atoms with Crippen LogP contribution in [-0.4, -0.2) is 47.8 Å². The smallest absolute Gasteiger partial charge is 0.414 e. The quantitative estimate of drug-likeness (QED) is 0.499. The van der Waals surface area contributed by atoms with Crippen molar-refractivity contribution in [2.24, 2.45) is 4.99 Å². The molecule has 0 aromatic rings. The zero-order valence-corrected chi connectivity index (χ0v) is 17.8. The normalized spacial score (nSPS) is 15.2. The minimum absolute atomic E-state index is 0.150. The van der Waals surface area contributed by atoms with E-state index in [1.54, 1.807) is 41.5 Å². The average molecular weight is 399 g/mol. The van der Waals surface area contributed by atoms with Gasteiger partial charge in [-0.15, -0.1) is 0 Å². The van der Waals surface area contributed by atoms with Gasteiger partial charge in [0.15, 0.2) is 0 Å². The van der Waals surface area contributed by atoms with E-state index in [0.717, 1.165) is 25.7 Å². The molecule has 1 saturated carbocycles. The predicted octanol–water partition coefficient (Wildman–Crippen LogP) is 2.84. The molecule has 0 heterocycles. The summed E-state index contributed by atoms with van der Waals surface area (Å²) in [5.74, 6) is -0.483. The third-order valence-corrected chi connectivity index (χ3v) is 3.59. The van der Waals surface area contributed by atoms with Gasteiger partial charge in [-0.05, 0) is 54.4 Å². The van der Waals surface area contributed by atoms with Crippen LogP contribution in [0.5, 0.6) is 0 Å². The summed E-state index contributed by atoms with van der Waals surface area (Å²) in [5.41, 5.74) is -1.45. The van der Waals surface area contributed by atoms with Crippen LogP contribution in [0.1, 0.15) is 73.6 Å². The molecule has 0 bridgehead atoms. The largest absolute Gasteiger partial charge is 0.444 e. The lowest BCUT2D eigenvalue weighted by atomic mass is 9.95. The highest BCUT2D eigenvalue weighted by atomic mass is 16.6. The maximum Gasteiger partial charge on any atom is 0.414 e. The van der Waals surface area contributed by atoms with E-state index in [4.69, 9.17) is 9.47 Å². The summed E-state index contributed by atoms with van der Waals surface area (Å²) in [6.07, 6.45) is 3.70. The molecule has 9 nitrogen and oxygen atoms in total. The van der Waals surface area contributed by atoms with Crippen molar-refractivity contribution >= 4 is 24.1 Å². The summed E-state index contributed by atoms with van der Waals surface area (Å²) >= 11 is 0. The summed E-state index contributed by atoms with van der Waals surface area (Å²) in [5, 5.41) is 7.62. The average Bonchev–Trinajstić information content (AvgIpc) is 2.49. The molecular weight excluding hydrogens is 364 g/mol. The SMILES string of the molecule is CC(C)(C)OC(=O)NC(=NCC(=O)NC1CCCCC1)NC(=O)OC(C)(C)C. The Morgan fingerprint density at radius 2 is 1.32 bits per heavy atom. The minimum Gasteiger partial charge on any atom is -0.444 e. The molecule has 0 aromatic heterocycles. The molecule has 1 aliphatic carbocycles. The van der Waals surface area contributed by atoms with Crippen molar-refractivity contribution in [3.63, 3.8) is 0 Å². The van der Waals surface area contributed by atoms with Crippen molar-refractivity contribution < 1.29 is 23.9 Å². The molecule has 0 saturated heterocycles. The van der Waals surface area contributed by atoms with Gasteiger partial charge in [-0.1, -0.05) is 19.3 Å². The maximum absolute atomic E-state index is 12.1. The van der Waals surface area contributed by atoms with Crippen LogP contribution in [0.15, 0.2) is 4.99 Å². The van der Waals surface area contributed by atoms with Crippen LogP contribution < -0.4 is 16.0 Å². The Morgan fingerprint density at radius 3 is 1.75 bits per heavy atom. The van der Waals surface area contributed by atoms with Gasteiger partial charge < -0.3 is 14.8 Å². The number of hydrogen-bond donors (Lipinski definition) is 3. The highest BCUT2D eigenvalue weighted by Crippen LogP contribution is 2.17. The molecule has 3 amide bonds. The number of carbonyl (C=O) groups is 3. The molecule has 9 heteroatoms. The van der Waals surface area contributed by atoms with Gasteiger partial charge in [-0.25, -0.2) is 14.6 Å². The second-order valence-corrected chi connectivity index (χ2v) is 8.82. The summed E-state index contributed by atoms with van der Waals surface area (Å²) in [6, 6.07) is 0.150. The fraction of sp³-hybridized carbons (Fsp3) is 0.789. The van der Waals surface area contributed by atoms with E-state index in [9.17, 15) is 14.4 Å². The van der Waals surface area contributed by atoms with E-state index in [0.29, 0.717) is 0 Å². The van der Waals surface area contributed by atoms with Gasteiger partial charge in [0.05, 0.1) is 0 Å². The van der Waals surface area contributed by atoms with E-state index >= 15 is 0 Å². The van der Waals surface area contributed by atoms with Gasteiger partial charge in [-0.2, -0.15) is 0 Å². The van der Waals surface area contributed by atoms with Gasteiger partial charge in [-0.3, -0.25) is 15.4 Å². The molecule has 0 aromatic carbocycles. The van der Waals surface area contributed by atoms with Crippen LogP contribution in [0.2, 0.25) is 0 Å². The molecule has 0 radical (unpaired) electrons. The first kappa shape index (κ1) is 23.7. The molecular formula is C19H34N4O5. The third kappa shape index (κ3) is 11.4. The van der Waals surface area contributed by atoms with E-state index in [1.165, 1.54) is 6.42 Å². The summed E-state index contributed by atoms with van der Waals surface area (Å²) in [4.78, 5) is 40.1. The Morgan fingerprint density at radius 1 is 0.857 bits per heavy atom. The van der Waals surface area contributed by atoms with Crippen LogP contribution in [0.3, 0.4) is 0 Å². The van der Waals surface area contributed by atoms with Crippen LogP contribution in [0, 0.1) is 0 Å². The highest BCUT2D eigenvalue weighted by Gasteiger charge is 2.22. The molecule has 28 heavy (non-hydrogen) atoms. The number of aliphatic imine (C=N–C) groups is 1. The molecule has 160 valence electrons. The predicted molar refractivity (Wildman–Crippen MR) is 106 cm³/mol. The van der Waals surface area contributed by atoms with Crippen LogP contribution in [0.25, 0.3) is 0 Å². The van der Waals surface area contributed by atoms with Crippen molar-refractivity contribution in [3.05, 3.63) is 0 Å². The number of ether oxygens (including phenoxy) is 2. The number of amides is 3. The monoisotopic (exact) mass is 398 g/mol. The topological polar surface area (TPSA) is 118 Å².